The first-order chi connectivity index (χ1) is 13.3. The molecule has 0 aromatic carbocycles. The molecule has 2 N–H and O–H groups in total. The smallest absolute Gasteiger partial charge is 0.347 e. The van der Waals surface area contributed by atoms with Crippen LogP contribution in [0.4, 0.5) is 5.13 Å². The maximum absolute atomic E-state index is 13.0. The molecule has 3 heterocycles. The molecule has 154 valence electrons. The molecule has 0 aliphatic carbocycles. The molecule has 3 rings (SSSR count). The highest BCUT2D eigenvalue weighted by Crippen LogP contribution is 2.31. The number of carboxylic acids is 1. The molecule has 1 saturated heterocycles. The Hall–Kier alpha value is -1.91. The number of methoxy groups -OCH3 is 1. The number of carbonyl (C=O) groups is 2. The lowest BCUT2D eigenvalue weighted by atomic mass is 10.1. The number of amidine groups is 1. The third-order valence-corrected chi connectivity index (χ3v) is 6.51. The number of anilines is 1. The van der Waals surface area contributed by atoms with E-state index in [9.17, 15) is 14.7 Å². The van der Waals surface area contributed by atoms with E-state index >= 15 is 0 Å². The van der Waals surface area contributed by atoms with Gasteiger partial charge in [0.05, 0.1) is 24.4 Å². The van der Waals surface area contributed by atoms with E-state index in [1.807, 2.05) is 11.8 Å². The van der Waals surface area contributed by atoms with E-state index in [-0.39, 0.29) is 22.9 Å². The number of hydrogen-bond acceptors (Lipinski definition) is 8. The van der Waals surface area contributed by atoms with E-state index in [0.29, 0.717) is 42.9 Å². The molecule has 9 nitrogen and oxygen atoms in total. The standard InChI is InChI=1S/C17H24ClN5O4S/c1-4-11-13(18)21-14(20-11)15(24)23(5-6-27-3)10-7-22(8-10)17-19-9(2)12(28-17)16(25)26/h10-11,13H,4-8H2,1-3H3,(H,20,21)(H,25,26). The van der Waals surface area contributed by atoms with Crippen molar-refractivity contribution in [1.29, 1.82) is 0 Å². The molecule has 0 saturated carbocycles. The number of nitrogens with one attached hydrogen (secondary N) is 1. The number of ether oxygens (including phenoxy) is 1. The molecule has 2 aliphatic heterocycles. The molecule has 0 radical (unpaired) electrons. The zero-order chi connectivity index (χ0) is 20.4. The molecule has 1 aromatic rings. The van der Waals surface area contributed by atoms with Gasteiger partial charge >= 0.3 is 5.97 Å². The number of thiazole rings is 1. The van der Waals surface area contributed by atoms with Crippen LogP contribution < -0.4 is 10.2 Å². The molecule has 0 spiro atoms. The molecule has 28 heavy (non-hydrogen) atoms. The largest absolute Gasteiger partial charge is 0.477 e. The van der Waals surface area contributed by atoms with E-state index < -0.39 is 11.5 Å². The Labute approximate surface area is 172 Å². The number of halogens is 1. The summed E-state index contributed by atoms with van der Waals surface area (Å²) in [6, 6.07) is -0.0744. The van der Waals surface area contributed by atoms with E-state index in [2.05, 4.69) is 15.3 Å². The highest BCUT2D eigenvalue weighted by atomic mass is 35.5. The van der Waals surface area contributed by atoms with Gasteiger partial charge in [0.1, 0.15) is 10.4 Å². The summed E-state index contributed by atoms with van der Waals surface area (Å²) in [6.07, 6.45) is 0.777. The van der Waals surface area contributed by atoms with Crippen LogP contribution in [0, 0.1) is 6.92 Å². The summed E-state index contributed by atoms with van der Waals surface area (Å²) in [5, 5.41) is 13.0. The zero-order valence-corrected chi connectivity index (χ0v) is 17.6. The molecule has 2 atom stereocenters. The third-order valence-electron chi connectivity index (χ3n) is 4.90. The minimum absolute atomic E-state index is 0.0286. The lowest BCUT2D eigenvalue weighted by Gasteiger charge is -2.45. The molecule has 2 unspecified atom stereocenters. The summed E-state index contributed by atoms with van der Waals surface area (Å²) < 4.78 is 5.15. The van der Waals surface area contributed by atoms with Crippen LogP contribution in [0.5, 0.6) is 0 Å². The molecule has 11 heteroatoms. The maximum Gasteiger partial charge on any atom is 0.347 e. The molecular formula is C17H24ClN5O4S. The van der Waals surface area contributed by atoms with Crippen molar-refractivity contribution in [3.63, 3.8) is 0 Å². The fourth-order valence-corrected chi connectivity index (χ4v) is 4.47. The van der Waals surface area contributed by atoms with Crippen LogP contribution in [0.25, 0.3) is 0 Å². The average Bonchev–Trinajstić information content (AvgIpc) is 3.18. The number of amides is 1. The second-order valence-corrected chi connectivity index (χ2v) is 8.20. The topological polar surface area (TPSA) is 107 Å². The Kier molecular flexibility index (Phi) is 6.41. The number of carbonyl (C=O) groups excluding carboxylic acids is 1. The Bertz CT molecular complexity index is 780. The number of alkyl halides is 1. The van der Waals surface area contributed by atoms with Gasteiger partial charge in [-0.15, -0.1) is 0 Å². The first-order valence-corrected chi connectivity index (χ1v) is 10.3. The van der Waals surface area contributed by atoms with Gasteiger partial charge < -0.3 is 25.0 Å². The van der Waals surface area contributed by atoms with Crippen molar-refractivity contribution in [1.82, 2.24) is 15.2 Å². The SMILES string of the molecule is CCC1NC(C(=O)N(CCOC)C2CN(c3nc(C)c(C(=O)O)s3)C2)=NC1Cl. The summed E-state index contributed by atoms with van der Waals surface area (Å²) in [5.74, 6) is -0.869. The molecule has 1 fully saturated rings. The summed E-state index contributed by atoms with van der Waals surface area (Å²) >= 11 is 7.35. The van der Waals surface area contributed by atoms with Crippen LogP contribution in [0.1, 0.15) is 28.7 Å². The Morgan fingerprint density at radius 3 is 2.71 bits per heavy atom. The summed E-state index contributed by atoms with van der Waals surface area (Å²) in [7, 11) is 1.59. The average molecular weight is 430 g/mol. The van der Waals surface area contributed by atoms with Gasteiger partial charge in [-0.1, -0.05) is 29.9 Å². The van der Waals surface area contributed by atoms with Gasteiger partial charge in [-0.2, -0.15) is 0 Å². The first-order valence-electron chi connectivity index (χ1n) is 9.09. The van der Waals surface area contributed by atoms with Gasteiger partial charge in [-0.05, 0) is 13.3 Å². The number of aliphatic imine (C=N–C) groups is 1. The van der Waals surface area contributed by atoms with Crippen LogP contribution >= 0.6 is 22.9 Å². The molecule has 1 amide bonds. The van der Waals surface area contributed by atoms with Crippen molar-refractivity contribution in [3.05, 3.63) is 10.6 Å². The predicted molar refractivity (Wildman–Crippen MR) is 108 cm³/mol. The maximum atomic E-state index is 13.0. The molecule has 1 aromatic heterocycles. The minimum atomic E-state index is -0.971. The summed E-state index contributed by atoms with van der Waals surface area (Å²) in [6.45, 7) is 5.69. The number of aromatic nitrogens is 1. The number of aromatic carboxylic acids is 1. The van der Waals surface area contributed by atoms with Crippen molar-refractivity contribution in [2.24, 2.45) is 4.99 Å². The Morgan fingerprint density at radius 2 is 2.18 bits per heavy atom. The Balaban J connectivity index is 1.67. The quantitative estimate of drug-likeness (QED) is 0.471. The second-order valence-electron chi connectivity index (χ2n) is 6.78. The van der Waals surface area contributed by atoms with Crippen LogP contribution in [-0.2, 0) is 9.53 Å². The van der Waals surface area contributed by atoms with Gasteiger partial charge in [0, 0.05) is 26.7 Å². The number of rotatable bonds is 8. The van der Waals surface area contributed by atoms with Crippen molar-refractivity contribution in [3.8, 4) is 0 Å². The summed E-state index contributed by atoms with van der Waals surface area (Å²) in [4.78, 5) is 36.8. The normalized spacial score (nSPS) is 21.9. The molecule has 0 bridgehead atoms. The lowest BCUT2D eigenvalue weighted by molar-refractivity contribution is -0.127. The number of hydrogen-bond donors (Lipinski definition) is 2. The second kappa shape index (κ2) is 8.62. The fourth-order valence-electron chi connectivity index (χ4n) is 3.21. The van der Waals surface area contributed by atoms with E-state index in [4.69, 9.17) is 16.3 Å². The minimum Gasteiger partial charge on any atom is -0.477 e. The van der Waals surface area contributed by atoms with Gasteiger partial charge in [-0.3, -0.25) is 4.79 Å². The molecular weight excluding hydrogens is 406 g/mol. The lowest BCUT2D eigenvalue weighted by Crippen LogP contribution is -2.63. The van der Waals surface area contributed by atoms with Gasteiger partial charge in [0.15, 0.2) is 11.0 Å². The van der Waals surface area contributed by atoms with E-state index in [1.54, 1.807) is 18.9 Å². The number of aryl methyl sites for hydroxylation is 1. The van der Waals surface area contributed by atoms with Crippen molar-refractivity contribution < 1.29 is 19.4 Å². The Morgan fingerprint density at radius 1 is 1.46 bits per heavy atom. The highest BCUT2D eigenvalue weighted by Gasteiger charge is 2.39. The van der Waals surface area contributed by atoms with Crippen molar-refractivity contribution >= 4 is 45.8 Å². The predicted octanol–water partition coefficient (Wildman–Crippen LogP) is 1.16. The zero-order valence-electron chi connectivity index (χ0n) is 16.0. The van der Waals surface area contributed by atoms with E-state index in [1.165, 1.54) is 0 Å². The van der Waals surface area contributed by atoms with Crippen LogP contribution in [0.3, 0.4) is 0 Å². The first kappa shape index (κ1) is 20.8. The van der Waals surface area contributed by atoms with Gasteiger partial charge in [0.25, 0.3) is 5.91 Å². The third kappa shape index (κ3) is 4.08. The molecule has 2 aliphatic rings. The summed E-state index contributed by atoms with van der Waals surface area (Å²) in [5.41, 5.74) is 0.0605. The monoisotopic (exact) mass is 429 g/mol. The van der Waals surface area contributed by atoms with Gasteiger partial charge in [0.2, 0.25) is 0 Å². The van der Waals surface area contributed by atoms with Crippen molar-refractivity contribution in [2.45, 2.75) is 37.9 Å². The number of carboxylic acid groups (broad SMARTS) is 1. The number of nitrogens with zero attached hydrogens (tertiary/aromatic N) is 4. The fraction of sp³-hybridized carbons (Fsp3) is 0.647. The highest BCUT2D eigenvalue weighted by molar-refractivity contribution is 7.17. The van der Waals surface area contributed by atoms with Crippen LogP contribution in [-0.4, -0.2) is 83.6 Å². The van der Waals surface area contributed by atoms with Crippen LogP contribution in [0.15, 0.2) is 4.99 Å². The van der Waals surface area contributed by atoms with Crippen molar-refractivity contribution in [2.75, 3.05) is 38.3 Å². The van der Waals surface area contributed by atoms with E-state index in [0.717, 1.165) is 17.8 Å². The van der Waals surface area contributed by atoms with Crippen LogP contribution in [0.2, 0.25) is 0 Å². The van der Waals surface area contributed by atoms with Gasteiger partial charge in [-0.25, -0.2) is 14.8 Å².